The van der Waals surface area contributed by atoms with E-state index in [4.69, 9.17) is 4.98 Å². The minimum atomic E-state index is 0.0339. The molecule has 0 radical (unpaired) electrons. The standard InChI is InChI=1S/C21H23N3OS/c1-15(16-8-3-2-4-9-16)22-20(25)14-24-13-7-11-18(24)21-23-17-10-5-6-12-19(17)26-21/h2-6,8-10,12,15,18H,7,11,13-14H2,1H3,(H,22,25)/p+1/t15-,18-/m1/s1. The van der Waals surface area contributed by atoms with Crippen LogP contribution in [0.3, 0.4) is 0 Å². The fraction of sp³-hybridized carbons (Fsp3) is 0.333. The molecular formula is C21H24N3OS+. The molecule has 0 bridgehead atoms. The van der Waals surface area contributed by atoms with E-state index >= 15 is 0 Å². The van der Waals surface area contributed by atoms with Crippen LogP contribution in [0.4, 0.5) is 0 Å². The van der Waals surface area contributed by atoms with Gasteiger partial charge in [0.15, 0.2) is 11.6 Å². The van der Waals surface area contributed by atoms with Crippen LogP contribution in [0.15, 0.2) is 54.6 Å². The Bertz CT molecular complexity index is 859. The van der Waals surface area contributed by atoms with Crippen LogP contribution in [0.1, 0.15) is 42.4 Å². The van der Waals surface area contributed by atoms with E-state index in [0.29, 0.717) is 12.6 Å². The lowest BCUT2D eigenvalue weighted by Crippen LogP contribution is -3.11. The molecule has 1 aromatic heterocycles. The molecule has 0 spiro atoms. The summed E-state index contributed by atoms with van der Waals surface area (Å²) in [6, 6.07) is 18.8. The molecule has 0 aliphatic carbocycles. The number of carbonyl (C=O) groups is 1. The second-order valence-electron chi connectivity index (χ2n) is 7.00. The van der Waals surface area contributed by atoms with E-state index in [1.54, 1.807) is 11.3 Å². The number of aromatic nitrogens is 1. The number of rotatable bonds is 5. The summed E-state index contributed by atoms with van der Waals surface area (Å²) < 4.78 is 1.23. The lowest BCUT2D eigenvalue weighted by atomic mass is 10.1. The van der Waals surface area contributed by atoms with Gasteiger partial charge in [-0.05, 0) is 24.6 Å². The first-order valence-corrected chi connectivity index (χ1v) is 10.1. The van der Waals surface area contributed by atoms with Gasteiger partial charge in [0.05, 0.1) is 22.8 Å². The molecular weight excluding hydrogens is 342 g/mol. The van der Waals surface area contributed by atoms with Crippen molar-refractivity contribution in [1.82, 2.24) is 10.3 Å². The average Bonchev–Trinajstić information content (AvgIpc) is 3.28. The number of fused-ring (bicyclic) bond motifs is 1. The van der Waals surface area contributed by atoms with E-state index in [1.165, 1.54) is 14.6 Å². The molecule has 5 heteroatoms. The maximum absolute atomic E-state index is 12.6. The van der Waals surface area contributed by atoms with Crippen LogP contribution in [0.25, 0.3) is 10.2 Å². The number of para-hydroxylation sites is 1. The van der Waals surface area contributed by atoms with Crippen LogP contribution in [-0.4, -0.2) is 24.0 Å². The minimum Gasteiger partial charge on any atom is -0.345 e. The number of nitrogens with zero attached hydrogens (tertiary/aromatic N) is 1. The van der Waals surface area contributed by atoms with Gasteiger partial charge in [-0.2, -0.15) is 0 Å². The summed E-state index contributed by atoms with van der Waals surface area (Å²) in [5.41, 5.74) is 2.21. The highest BCUT2D eigenvalue weighted by atomic mass is 32.1. The van der Waals surface area contributed by atoms with Crippen molar-refractivity contribution in [3.63, 3.8) is 0 Å². The maximum Gasteiger partial charge on any atom is 0.275 e. The van der Waals surface area contributed by atoms with Crippen LogP contribution < -0.4 is 10.2 Å². The quantitative estimate of drug-likeness (QED) is 0.729. The summed E-state index contributed by atoms with van der Waals surface area (Å²) in [6.45, 7) is 3.59. The topological polar surface area (TPSA) is 46.4 Å². The van der Waals surface area contributed by atoms with E-state index in [0.717, 1.165) is 30.5 Å². The number of nitrogens with one attached hydrogen (secondary N) is 2. The summed E-state index contributed by atoms with van der Waals surface area (Å²) >= 11 is 1.77. The van der Waals surface area contributed by atoms with Crippen LogP contribution in [0.2, 0.25) is 0 Å². The van der Waals surface area contributed by atoms with E-state index in [1.807, 2.05) is 31.2 Å². The van der Waals surface area contributed by atoms with E-state index in [2.05, 4.69) is 35.6 Å². The number of amides is 1. The van der Waals surface area contributed by atoms with E-state index in [9.17, 15) is 4.79 Å². The largest absolute Gasteiger partial charge is 0.345 e. The highest BCUT2D eigenvalue weighted by Crippen LogP contribution is 2.28. The zero-order valence-electron chi connectivity index (χ0n) is 14.9. The van der Waals surface area contributed by atoms with Crippen molar-refractivity contribution in [3.05, 3.63) is 65.2 Å². The summed E-state index contributed by atoms with van der Waals surface area (Å²) in [5, 5.41) is 4.31. The minimum absolute atomic E-state index is 0.0339. The number of hydrogen-bond acceptors (Lipinski definition) is 3. The normalized spacial score (nSPS) is 21.0. The molecule has 0 saturated carbocycles. The van der Waals surface area contributed by atoms with Crippen molar-refractivity contribution >= 4 is 27.5 Å². The van der Waals surface area contributed by atoms with Gasteiger partial charge < -0.3 is 10.2 Å². The lowest BCUT2D eigenvalue weighted by molar-refractivity contribution is -0.910. The van der Waals surface area contributed by atoms with Crippen molar-refractivity contribution < 1.29 is 9.69 Å². The van der Waals surface area contributed by atoms with Gasteiger partial charge in [-0.1, -0.05) is 42.5 Å². The third-order valence-corrected chi connectivity index (χ3v) is 6.31. The summed E-state index contributed by atoms with van der Waals surface area (Å²) in [6.07, 6.45) is 2.26. The Labute approximate surface area is 157 Å². The van der Waals surface area contributed by atoms with Crippen LogP contribution in [0, 0.1) is 0 Å². The first-order valence-electron chi connectivity index (χ1n) is 9.25. The molecule has 1 unspecified atom stereocenters. The Kier molecular flexibility index (Phi) is 5.00. The Morgan fingerprint density at radius 3 is 2.81 bits per heavy atom. The Hall–Kier alpha value is -2.24. The summed E-state index contributed by atoms with van der Waals surface area (Å²) in [7, 11) is 0. The van der Waals surface area contributed by atoms with Gasteiger partial charge >= 0.3 is 0 Å². The van der Waals surface area contributed by atoms with Crippen molar-refractivity contribution in [2.75, 3.05) is 13.1 Å². The second kappa shape index (κ2) is 7.56. The van der Waals surface area contributed by atoms with Gasteiger partial charge in [0.2, 0.25) is 0 Å². The third kappa shape index (κ3) is 3.64. The highest BCUT2D eigenvalue weighted by molar-refractivity contribution is 7.18. The van der Waals surface area contributed by atoms with E-state index in [-0.39, 0.29) is 11.9 Å². The molecule has 3 atom stereocenters. The molecule has 134 valence electrons. The fourth-order valence-electron chi connectivity index (χ4n) is 3.78. The predicted molar refractivity (Wildman–Crippen MR) is 105 cm³/mol. The first kappa shape index (κ1) is 17.2. The van der Waals surface area contributed by atoms with Crippen molar-refractivity contribution in [3.8, 4) is 0 Å². The summed E-state index contributed by atoms with van der Waals surface area (Å²) in [5.74, 6) is 0.115. The highest BCUT2D eigenvalue weighted by Gasteiger charge is 2.34. The second-order valence-corrected chi connectivity index (χ2v) is 8.06. The number of quaternary nitrogens is 1. The SMILES string of the molecule is C[C@@H](NC(=O)C[NH+]1CCC[C@@H]1c1nc2ccccc2s1)c1ccccc1. The number of carbonyl (C=O) groups excluding carboxylic acids is 1. The van der Waals surface area contributed by atoms with Crippen molar-refractivity contribution in [2.24, 2.45) is 0 Å². The van der Waals surface area contributed by atoms with Crippen molar-refractivity contribution in [2.45, 2.75) is 31.8 Å². The molecule has 1 aliphatic heterocycles. The van der Waals surface area contributed by atoms with E-state index < -0.39 is 0 Å². The summed E-state index contributed by atoms with van der Waals surface area (Å²) in [4.78, 5) is 18.7. The maximum atomic E-state index is 12.6. The first-order chi connectivity index (χ1) is 12.7. The monoisotopic (exact) mass is 366 g/mol. The van der Waals surface area contributed by atoms with Gasteiger partial charge in [-0.15, -0.1) is 11.3 Å². The van der Waals surface area contributed by atoms with Gasteiger partial charge in [0.25, 0.3) is 5.91 Å². The molecule has 3 aromatic rings. The predicted octanol–water partition coefficient (Wildman–Crippen LogP) is 2.89. The van der Waals surface area contributed by atoms with Gasteiger partial charge in [-0.3, -0.25) is 4.79 Å². The smallest absolute Gasteiger partial charge is 0.275 e. The molecule has 2 N–H and O–H groups in total. The van der Waals surface area contributed by atoms with Crippen molar-refractivity contribution in [1.29, 1.82) is 0 Å². The molecule has 2 aromatic carbocycles. The van der Waals surface area contributed by atoms with Crippen LogP contribution >= 0.6 is 11.3 Å². The Balaban J connectivity index is 1.42. The molecule has 1 amide bonds. The van der Waals surface area contributed by atoms with Crippen LogP contribution in [-0.2, 0) is 4.79 Å². The number of hydrogen-bond donors (Lipinski definition) is 2. The molecule has 1 fully saturated rings. The number of thiazole rings is 1. The molecule has 1 aliphatic rings. The molecule has 4 nitrogen and oxygen atoms in total. The molecule has 1 saturated heterocycles. The zero-order chi connectivity index (χ0) is 17.9. The van der Waals surface area contributed by atoms with Crippen LogP contribution in [0.5, 0.6) is 0 Å². The third-order valence-electron chi connectivity index (χ3n) is 5.16. The number of likely N-dealkylation sites (tertiary alicyclic amines) is 1. The average molecular weight is 367 g/mol. The lowest BCUT2D eigenvalue weighted by Gasteiger charge is -2.21. The fourth-order valence-corrected chi connectivity index (χ4v) is 4.95. The Morgan fingerprint density at radius 2 is 2.00 bits per heavy atom. The molecule has 2 heterocycles. The zero-order valence-corrected chi connectivity index (χ0v) is 15.8. The molecule has 4 rings (SSSR count). The Morgan fingerprint density at radius 1 is 1.23 bits per heavy atom. The van der Waals surface area contributed by atoms with Gasteiger partial charge in [0.1, 0.15) is 6.04 Å². The number of benzene rings is 2. The molecule has 26 heavy (non-hydrogen) atoms. The van der Waals surface area contributed by atoms with Gasteiger partial charge in [0, 0.05) is 12.8 Å². The van der Waals surface area contributed by atoms with Gasteiger partial charge in [-0.25, -0.2) is 4.98 Å².